The third kappa shape index (κ3) is 5.52. The Morgan fingerprint density at radius 2 is 1.44 bits per heavy atom. The minimum absolute atomic E-state index is 0.122. The normalized spacial score (nSPS) is 21.9. The molecule has 0 amide bonds. The van der Waals surface area contributed by atoms with E-state index in [1.54, 1.807) is 0 Å². The van der Waals surface area contributed by atoms with Crippen LogP contribution in [0.3, 0.4) is 0 Å². The molecule has 1 aromatic heterocycles. The fourth-order valence-corrected chi connectivity index (χ4v) is 4.41. The van der Waals surface area contributed by atoms with Gasteiger partial charge in [0.25, 0.3) is 0 Å². The van der Waals surface area contributed by atoms with Gasteiger partial charge in [-0.05, 0) is 36.4 Å². The number of carbonyl (C=O) groups is 1. The summed E-state index contributed by atoms with van der Waals surface area (Å²) >= 11 is 0. The minimum atomic E-state index is -1.97. The number of phenolic OH excluding ortho intramolecular Hbond substituents is 6. The number of hydrogen-bond donors (Lipinski definition) is 9. The third-order valence-electron chi connectivity index (χ3n) is 6.63. The average molecular weight is 600 g/mol. The van der Waals surface area contributed by atoms with Gasteiger partial charge in [0.1, 0.15) is 59.2 Å². The molecule has 0 saturated carbocycles. The van der Waals surface area contributed by atoms with Crippen LogP contribution in [0.2, 0.25) is 0 Å². The zero-order valence-corrected chi connectivity index (χ0v) is 21.7. The van der Waals surface area contributed by atoms with Crippen LogP contribution in [0.15, 0.2) is 57.7 Å². The van der Waals surface area contributed by atoms with Crippen LogP contribution in [0.1, 0.15) is 10.4 Å². The first-order valence-electron chi connectivity index (χ1n) is 12.5. The van der Waals surface area contributed by atoms with E-state index in [9.17, 15) is 55.5 Å². The summed E-state index contributed by atoms with van der Waals surface area (Å²) in [5.41, 5.74) is -1.43. The first-order chi connectivity index (χ1) is 20.3. The molecule has 15 heteroatoms. The minimum Gasteiger partial charge on any atom is -0.508 e. The van der Waals surface area contributed by atoms with Crippen LogP contribution in [0.4, 0.5) is 0 Å². The van der Waals surface area contributed by atoms with Gasteiger partial charge in [-0.25, -0.2) is 4.79 Å². The topological polar surface area (TPSA) is 257 Å². The van der Waals surface area contributed by atoms with Crippen molar-refractivity contribution < 1.29 is 69.4 Å². The monoisotopic (exact) mass is 600 g/mol. The van der Waals surface area contributed by atoms with Gasteiger partial charge in [0.2, 0.25) is 17.5 Å². The Hall–Kier alpha value is -5.22. The second-order valence-electron chi connectivity index (χ2n) is 9.57. The quantitative estimate of drug-likeness (QED) is 0.109. The molecule has 4 aromatic rings. The number of benzene rings is 3. The molecule has 0 unspecified atom stereocenters. The van der Waals surface area contributed by atoms with E-state index in [0.29, 0.717) is 0 Å². The van der Waals surface area contributed by atoms with Crippen LogP contribution in [0, 0.1) is 0 Å². The molecule has 3 aromatic carbocycles. The van der Waals surface area contributed by atoms with E-state index >= 15 is 0 Å². The van der Waals surface area contributed by atoms with Gasteiger partial charge in [0, 0.05) is 17.7 Å². The molecule has 0 aliphatic carbocycles. The van der Waals surface area contributed by atoms with Gasteiger partial charge < -0.3 is 64.6 Å². The van der Waals surface area contributed by atoms with Gasteiger partial charge in [-0.2, -0.15) is 0 Å². The Morgan fingerprint density at radius 3 is 2.09 bits per heavy atom. The molecule has 0 spiro atoms. The molecule has 43 heavy (non-hydrogen) atoms. The summed E-state index contributed by atoms with van der Waals surface area (Å²) in [5.74, 6) is -5.74. The molecule has 0 bridgehead atoms. The molecular weight excluding hydrogens is 576 g/mol. The molecule has 15 nitrogen and oxygen atoms in total. The third-order valence-corrected chi connectivity index (χ3v) is 6.63. The van der Waals surface area contributed by atoms with Crippen molar-refractivity contribution in [1.82, 2.24) is 0 Å². The van der Waals surface area contributed by atoms with Gasteiger partial charge in [-0.15, -0.1) is 0 Å². The van der Waals surface area contributed by atoms with Crippen molar-refractivity contribution >= 4 is 16.9 Å². The Kier molecular flexibility index (Phi) is 7.64. The molecule has 5 atom stereocenters. The van der Waals surface area contributed by atoms with Crippen molar-refractivity contribution in [3.63, 3.8) is 0 Å². The standard InChI is InChI=1S/C28H24O15/c29-12-3-1-10(2-4-12)25-26(22(36)19-14(31)7-13(30)8-17(19)41-25)43-28-24(38)23(37)21(35)18(42-28)9-40-27(39)11-5-15(32)20(34)16(33)6-11/h1-8,18,21,23-24,28-35,37-38H,9H2/t18-,21-,23+,24-,28+/m1/s1. The molecular formula is C28H24O15. The number of aliphatic hydroxyl groups excluding tert-OH is 3. The average Bonchev–Trinajstić information content (AvgIpc) is 2.96. The van der Waals surface area contributed by atoms with E-state index in [-0.39, 0.29) is 28.2 Å². The fourth-order valence-electron chi connectivity index (χ4n) is 4.41. The van der Waals surface area contributed by atoms with Crippen molar-refractivity contribution in [2.75, 3.05) is 6.61 Å². The summed E-state index contributed by atoms with van der Waals surface area (Å²) < 4.78 is 22.0. The zero-order valence-electron chi connectivity index (χ0n) is 21.7. The van der Waals surface area contributed by atoms with Crippen LogP contribution >= 0.6 is 0 Å². The van der Waals surface area contributed by atoms with Gasteiger partial charge in [-0.1, -0.05) is 0 Å². The highest BCUT2D eigenvalue weighted by Crippen LogP contribution is 2.38. The summed E-state index contributed by atoms with van der Waals surface area (Å²) in [4.78, 5) is 26.0. The Bertz CT molecular complexity index is 1720. The molecule has 1 saturated heterocycles. The molecule has 0 radical (unpaired) electrons. The highest BCUT2D eigenvalue weighted by Gasteiger charge is 2.46. The number of hydrogen-bond acceptors (Lipinski definition) is 15. The lowest BCUT2D eigenvalue weighted by molar-refractivity contribution is -0.277. The Balaban J connectivity index is 1.47. The second-order valence-corrected chi connectivity index (χ2v) is 9.57. The van der Waals surface area contributed by atoms with Crippen LogP contribution in [0.25, 0.3) is 22.3 Å². The summed E-state index contributed by atoms with van der Waals surface area (Å²) in [6.07, 6.45) is -9.19. The number of ether oxygens (including phenoxy) is 3. The zero-order chi connectivity index (χ0) is 31.2. The first-order valence-corrected chi connectivity index (χ1v) is 12.5. The Morgan fingerprint density at radius 1 is 0.791 bits per heavy atom. The van der Waals surface area contributed by atoms with Crippen molar-refractivity contribution in [3.8, 4) is 51.6 Å². The van der Waals surface area contributed by atoms with Crippen LogP contribution in [-0.2, 0) is 9.47 Å². The predicted molar refractivity (Wildman–Crippen MR) is 142 cm³/mol. The number of rotatable bonds is 6. The number of aromatic hydroxyl groups is 6. The lowest BCUT2D eigenvalue weighted by Crippen LogP contribution is -2.60. The predicted octanol–water partition coefficient (Wildman–Crippen LogP) is 0.737. The van der Waals surface area contributed by atoms with E-state index in [0.717, 1.165) is 24.3 Å². The van der Waals surface area contributed by atoms with Gasteiger partial charge >= 0.3 is 5.97 Å². The molecule has 5 rings (SSSR count). The number of aliphatic hydroxyl groups is 3. The van der Waals surface area contributed by atoms with Gasteiger partial charge in [0.15, 0.2) is 23.0 Å². The lowest BCUT2D eigenvalue weighted by Gasteiger charge is -2.39. The smallest absolute Gasteiger partial charge is 0.338 e. The van der Waals surface area contributed by atoms with Crippen molar-refractivity contribution in [3.05, 3.63) is 64.3 Å². The SMILES string of the molecule is O=C(OC[C@H]1O[C@@H](Oc2c(-c3ccc(O)cc3)oc3cc(O)cc(O)c3c2=O)[C@H](O)[C@@H](O)[C@@H]1O)c1cc(O)c(O)c(O)c1. The van der Waals surface area contributed by atoms with E-state index in [2.05, 4.69) is 0 Å². The maximum Gasteiger partial charge on any atom is 0.338 e. The molecule has 9 N–H and O–H groups in total. The summed E-state index contributed by atoms with van der Waals surface area (Å²) in [6.45, 7) is -0.761. The summed E-state index contributed by atoms with van der Waals surface area (Å²) in [5, 5.41) is 89.8. The van der Waals surface area contributed by atoms with E-state index in [4.69, 9.17) is 18.6 Å². The number of fused-ring (bicyclic) bond motifs is 1. The number of esters is 1. The first kappa shape index (κ1) is 29.3. The molecule has 2 heterocycles. The largest absolute Gasteiger partial charge is 0.508 e. The second kappa shape index (κ2) is 11.2. The number of carbonyl (C=O) groups excluding carboxylic acids is 1. The molecule has 1 aliphatic rings. The van der Waals surface area contributed by atoms with Crippen molar-refractivity contribution in [2.45, 2.75) is 30.7 Å². The van der Waals surface area contributed by atoms with Crippen molar-refractivity contribution in [2.24, 2.45) is 0 Å². The van der Waals surface area contributed by atoms with Crippen LogP contribution in [0.5, 0.6) is 40.2 Å². The van der Waals surface area contributed by atoms with Gasteiger partial charge in [-0.3, -0.25) is 4.79 Å². The van der Waals surface area contributed by atoms with Crippen LogP contribution < -0.4 is 10.2 Å². The maximum atomic E-state index is 13.5. The molecule has 1 fully saturated rings. The Labute approximate surface area is 239 Å². The number of phenols is 6. The summed E-state index contributed by atoms with van der Waals surface area (Å²) in [7, 11) is 0. The molecule has 226 valence electrons. The van der Waals surface area contributed by atoms with E-state index in [1.807, 2.05) is 0 Å². The summed E-state index contributed by atoms with van der Waals surface area (Å²) in [6, 6.07) is 8.81. The lowest BCUT2D eigenvalue weighted by atomic mass is 9.99. The fraction of sp³-hybridized carbons (Fsp3) is 0.214. The molecule has 1 aliphatic heterocycles. The highest BCUT2D eigenvalue weighted by molar-refractivity contribution is 5.91. The van der Waals surface area contributed by atoms with E-state index in [1.165, 1.54) is 24.3 Å². The van der Waals surface area contributed by atoms with E-state index < -0.39 is 88.6 Å². The highest BCUT2D eigenvalue weighted by atomic mass is 16.7. The van der Waals surface area contributed by atoms with Gasteiger partial charge in [0.05, 0.1) is 5.56 Å². The van der Waals surface area contributed by atoms with Crippen LogP contribution in [-0.4, -0.2) is 89.2 Å². The van der Waals surface area contributed by atoms with Crippen molar-refractivity contribution in [1.29, 1.82) is 0 Å². The maximum absolute atomic E-state index is 13.5.